The van der Waals surface area contributed by atoms with Crippen LogP contribution in [-0.4, -0.2) is 51.4 Å². The summed E-state index contributed by atoms with van der Waals surface area (Å²) < 4.78 is 5.92. The monoisotopic (exact) mass is 353 g/mol. The highest BCUT2D eigenvalue weighted by Crippen LogP contribution is 2.42. The highest BCUT2D eigenvalue weighted by Gasteiger charge is 2.50. The van der Waals surface area contributed by atoms with Crippen molar-refractivity contribution in [3.05, 3.63) is 47.8 Å². The summed E-state index contributed by atoms with van der Waals surface area (Å²) in [5.41, 5.74) is 3.26. The molecule has 1 aliphatic carbocycles. The van der Waals surface area contributed by atoms with E-state index < -0.39 is 0 Å². The summed E-state index contributed by atoms with van der Waals surface area (Å²) in [7, 11) is 1.81. The van der Waals surface area contributed by atoms with E-state index in [9.17, 15) is 5.11 Å². The molecule has 26 heavy (non-hydrogen) atoms. The van der Waals surface area contributed by atoms with Crippen LogP contribution < -0.4 is 0 Å². The third kappa shape index (κ3) is 3.27. The van der Waals surface area contributed by atoms with E-state index in [1.54, 1.807) is 0 Å². The molecule has 0 bridgehead atoms. The largest absolute Gasteiger partial charge is 0.393 e. The molecule has 4 rings (SSSR count). The minimum atomic E-state index is -0.219. The molecule has 3 atom stereocenters. The second-order valence-corrected chi connectivity index (χ2v) is 7.72. The van der Waals surface area contributed by atoms with E-state index in [1.807, 2.05) is 31.6 Å². The van der Waals surface area contributed by atoms with Crippen molar-refractivity contribution in [2.24, 2.45) is 0 Å². The molecule has 0 amide bonds. The first-order valence-corrected chi connectivity index (χ1v) is 9.45. The van der Waals surface area contributed by atoms with Crippen LogP contribution in [0.3, 0.4) is 0 Å². The molecule has 1 saturated carbocycles. The Labute approximate surface area is 155 Å². The zero-order valence-corrected chi connectivity index (χ0v) is 15.6. The van der Waals surface area contributed by atoms with Crippen molar-refractivity contribution in [1.29, 1.82) is 0 Å². The maximum absolute atomic E-state index is 10.1. The number of benzene rings is 1. The zero-order chi connectivity index (χ0) is 18.1. The molecule has 138 valence electrons. The van der Waals surface area contributed by atoms with Gasteiger partial charge in [-0.05, 0) is 38.7 Å². The Morgan fingerprint density at radius 3 is 2.81 bits per heavy atom. The van der Waals surface area contributed by atoms with Crippen molar-refractivity contribution < 1.29 is 9.84 Å². The molecule has 1 aromatic heterocycles. The molecule has 5 nitrogen and oxygen atoms in total. The SMILES string of the molecule is CO[C@@]12CC[C@@H](O)C[C@@H]1N(Cc1cnc(-c3cccc(C)c3)nc1)CC2. The van der Waals surface area contributed by atoms with Crippen LogP contribution >= 0.6 is 0 Å². The minimum Gasteiger partial charge on any atom is -0.393 e. The highest BCUT2D eigenvalue weighted by atomic mass is 16.5. The molecule has 2 aromatic rings. The van der Waals surface area contributed by atoms with E-state index in [0.717, 1.165) is 55.7 Å². The van der Waals surface area contributed by atoms with Gasteiger partial charge in [0.15, 0.2) is 5.82 Å². The lowest BCUT2D eigenvalue weighted by atomic mass is 9.79. The number of aliphatic hydroxyl groups is 1. The van der Waals surface area contributed by atoms with Gasteiger partial charge in [-0.3, -0.25) is 4.90 Å². The number of hydrogen-bond donors (Lipinski definition) is 1. The third-order valence-corrected chi connectivity index (χ3v) is 6.04. The summed E-state index contributed by atoms with van der Waals surface area (Å²) in [5.74, 6) is 0.762. The molecule has 5 heteroatoms. The van der Waals surface area contributed by atoms with Crippen molar-refractivity contribution in [3.8, 4) is 11.4 Å². The lowest BCUT2D eigenvalue weighted by molar-refractivity contribution is -0.0879. The highest BCUT2D eigenvalue weighted by molar-refractivity contribution is 5.55. The van der Waals surface area contributed by atoms with Crippen LogP contribution in [0.4, 0.5) is 0 Å². The topological polar surface area (TPSA) is 58.5 Å². The van der Waals surface area contributed by atoms with Crippen molar-refractivity contribution in [3.63, 3.8) is 0 Å². The summed E-state index contributed by atoms with van der Waals surface area (Å²) in [6.07, 6.45) is 7.23. The number of rotatable bonds is 4. The van der Waals surface area contributed by atoms with Crippen molar-refractivity contribution >= 4 is 0 Å². The molecule has 1 N–H and O–H groups in total. The molecule has 1 aliphatic heterocycles. The summed E-state index contributed by atoms with van der Waals surface area (Å²) >= 11 is 0. The van der Waals surface area contributed by atoms with Crippen LogP contribution in [-0.2, 0) is 11.3 Å². The van der Waals surface area contributed by atoms with Gasteiger partial charge in [-0.1, -0.05) is 23.8 Å². The molecule has 2 aliphatic rings. The van der Waals surface area contributed by atoms with Crippen molar-refractivity contribution in [2.45, 2.75) is 56.9 Å². The number of methoxy groups -OCH3 is 1. The van der Waals surface area contributed by atoms with Gasteiger partial charge in [-0.2, -0.15) is 0 Å². The molecule has 2 fully saturated rings. The minimum absolute atomic E-state index is 0.0956. The van der Waals surface area contributed by atoms with Gasteiger partial charge in [0, 0.05) is 49.8 Å². The van der Waals surface area contributed by atoms with Gasteiger partial charge in [0.25, 0.3) is 0 Å². The van der Waals surface area contributed by atoms with Crippen LogP contribution in [0.15, 0.2) is 36.7 Å². The Morgan fingerprint density at radius 2 is 2.08 bits per heavy atom. The van der Waals surface area contributed by atoms with Crippen LogP contribution in [0.2, 0.25) is 0 Å². The maximum atomic E-state index is 10.1. The summed E-state index contributed by atoms with van der Waals surface area (Å²) in [4.78, 5) is 11.6. The van der Waals surface area contributed by atoms with Crippen molar-refractivity contribution in [1.82, 2.24) is 14.9 Å². The Balaban J connectivity index is 1.49. The van der Waals surface area contributed by atoms with Gasteiger partial charge < -0.3 is 9.84 Å². The van der Waals surface area contributed by atoms with Crippen LogP contribution in [0.1, 0.15) is 36.8 Å². The van der Waals surface area contributed by atoms with Gasteiger partial charge in [0.05, 0.1) is 11.7 Å². The fourth-order valence-corrected chi connectivity index (χ4v) is 4.56. The van der Waals surface area contributed by atoms with Crippen LogP contribution in [0.5, 0.6) is 0 Å². The first-order chi connectivity index (χ1) is 12.6. The molecule has 1 aromatic carbocycles. The quantitative estimate of drug-likeness (QED) is 0.916. The number of aliphatic hydroxyl groups excluding tert-OH is 1. The molecule has 2 heterocycles. The van der Waals surface area contributed by atoms with E-state index in [2.05, 4.69) is 33.9 Å². The molecular formula is C21H27N3O2. The van der Waals surface area contributed by atoms with Gasteiger partial charge in [-0.15, -0.1) is 0 Å². The molecular weight excluding hydrogens is 326 g/mol. The number of hydrogen-bond acceptors (Lipinski definition) is 5. The molecule has 1 saturated heterocycles. The van der Waals surface area contributed by atoms with Crippen LogP contribution in [0, 0.1) is 6.92 Å². The number of aryl methyl sites for hydroxylation is 1. The fourth-order valence-electron chi connectivity index (χ4n) is 4.56. The Kier molecular flexibility index (Phi) is 4.78. The van der Waals surface area contributed by atoms with E-state index in [4.69, 9.17) is 4.74 Å². The normalized spacial score (nSPS) is 28.9. The summed E-state index contributed by atoms with van der Waals surface area (Å²) in [6, 6.07) is 8.52. The van der Waals surface area contributed by atoms with Crippen molar-refractivity contribution in [2.75, 3.05) is 13.7 Å². The number of fused-ring (bicyclic) bond motifs is 1. The number of nitrogens with zero attached hydrogens (tertiary/aromatic N) is 3. The average Bonchev–Trinajstić information content (AvgIpc) is 3.01. The second kappa shape index (κ2) is 7.06. The summed E-state index contributed by atoms with van der Waals surface area (Å²) in [5, 5.41) is 10.1. The van der Waals surface area contributed by atoms with E-state index in [0.29, 0.717) is 0 Å². The molecule has 0 radical (unpaired) electrons. The van der Waals surface area contributed by atoms with Crippen LogP contribution in [0.25, 0.3) is 11.4 Å². The first-order valence-electron chi connectivity index (χ1n) is 9.45. The lowest BCUT2D eigenvalue weighted by Gasteiger charge is -2.42. The van der Waals surface area contributed by atoms with E-state index >= 15 is 0 Å². The first kappa shape index (κ1) is 17.6. The van der Waals surface area contributed by atoms with Gasteiger partial charge in [0.1, 0.15) is 0 Å². The number of ether oxygens (including phenoxy) is 1. The average molecular weight is 353 g/mol. The Bertz CT molecular complexity index is 764. The Morgan fingerprint density at radius 1 is 1.27 bits per heavy atom. The second-order valence-electron chi connectivity index (χ2n) is 7.72. The maximum Gasteiger partial charge on any atom is 0.159 e. The third-order valence-electron chi connectivity index (χ3n) is 6.04. The van der Waals surface area contributed by atoms with Gasteiger partial charge in [0.2, 0.25) is 0 Å². The van der Waals surface area contributed by atoms with Gasteiger partial charge >= 0.3 is 0 Å². The predicted octanol–water partition coefficient (Wildman–Crippen LogP) is 2.96. The number of aromatic nitrogens is 2. The van der Waals surface area contributed by atoms with E-state index in [1.165, 1.54) is 5.56 Å². The van der Waals surface area contributed by atoms with E-state index in [-0.39, 0.29) is 17.7 Å². The molecule has 0 spiro atoms. The fraction of sp³-hybridized carbons (Fsp3) is 0.524. The predicted molar refractivity (Wildman–Crippen MR) is 101 cm³/mol. The smallest absolute Gasteiger partial charge is 0.159 e. The summed E-state index contributed by atoms with van der Waals surface area (Å²) in [6.45, 7) is 3.87. The van der Waals surface area contributed by atoms with Gasteiger partial charge in [-0.25, -0.2) is 9.97 Å². The Hall–Kier alpha value is -1.82. The lowest BCUT2D eigenvalue weighted by Crippen LogP contribution is -2.51. The standard InChI is InChI=1S/C21H27N3O2/c1-15-4-3-5-17(10-15)20-22-12-16(13-23-20)14-24-9-8-21(26-2)7-6-18(25)11-19(21)24/h3-5,10,12-13,18-19,25H,6-9,11,14H2,1-2H3/t18-,19+,21-/m1/s1. The zero-order valence-electron chi connectivity index (χ0n) is 15.6. The molecule has 0 unspecified atom stereocenters. The number of likely N-dealkylation sites (tertiary alicyclic amines) is 1.